The molecule has 0 aromatic heterocycles. The Labute approximate surface area is 458 Å². The number of ether oxygens (including phenoxy) is 7. The van der Waals surface area contributed by atoms with E-state index < -0.39 is 42.0 Å². The van der Waals surface area contributed by atoms with E-state index in [0.717, 1.165) is 128 Å². The van der Waals surface area contributed by atoms with Crippen LogP contribution in [-0.4, -0.2) is 142 Å². The van der Waals surface area contributed by atoms with Crippen molar-refractivity contribution in [3.8, 4) is 0 Å². The summed E-state index contributed by atoms with van der Waals surface area (Å²) in [6.45, 7) is 9.25. The fourth-order valence-electron chi connectivity index (χ4n) is 8.99. The molecule has 442 valence electrons. The maximum atomic E-state index is 13.6. The summed E-state index contributed by atoms with van der Waals surface area (Å²) in [6, 6.07) is -0.730. The zero-order valence-corrected chi connectivity index (χ0v) is 48.3. The summed E-state index contributed by atoms with van der Waals surface area (Å²) in [5.41, 5.74) is 0. The Morgan fingerprint density at radius 3 is 1.22 bits per heavy atom. The molecule has 17 nitrogen and oxygen atoms in total. The highest BCUT2D eigenvalue weighted by atomic mass is 16.6. The van der Waals surface area contributed by atoms with Gasteiger partial charge in [-0.15, -0.1) is 0 Å². The quantitative estimate of drug-likeness (QED) is 0.0341. The average Bonchev–Trinajstić information content (AvgIpc) is 3.81. The van der Waals surface area contributed by atoms with Crippen molar-refractivity contribution in [2.45, 2.75) is 252 Å². The summed E-state index contributed by atoms with van der Waals surface area (Å²) >= 11 is 0. The van der Waals surface area contributed by atoms with Crippen LogP contribution in [0.5, 0.6) is 0 Å². The third-order valence-electron chi connectivity index (χ3n) is 13.7. The first-order valence-electron chi connectivity index (χ1n) is 30.1. The molecule has 1 saturated heterocycles. The normalized spacial score (nSPS) is 14.3. The van der Waals surface area contributed by atoms with Gasteiger partial charge in [0.2, 0.25) is 0 Å². The molecule has 0 aliphatic carbocycles. The Balaban J connectivity index is 3.09. The first-order valence-corrected chi connectivity index (χ1v) is 30.1. The fourth-order valence-corrected chi connectivity index (χ4v) is 8.99. The summed E-state index contributed by atoms with van der Waals surface area (Å²) in [4.78, 5) is 95.1. The number of unbranched alkanes of at least 4 members (excludes halogenated alkanes) is 20. The Hall–Kier alpha value is -3.99. The van der Waals surface area contributed by atoms with Crippen molar-refractivity contribution in [1.29, 1.82) is 0 Å². The predicted octanol–water partition coefficient (Wildman–Crippen LogP) is 11.5. The van der Waals surface area contributed by atoms with Gasteiger partial charge in [-0.05, 0) is 45.6 Å². The molecule has 0 saturated carbocycles. The first kappa shape index (κ1) is 70.0. The van der Waals surface area contributed by atoms with Crippen molar-refractivity contribution in [2.24, 2.45) is 11.8 Å². The lowest BCUT2D eigenvalue weighted by Gasteiger charge is -2.24. The lowest BCUT2D eigenvalue weighted by atomic mass is 10.1. The molecule has 1 heterocycles. The summed E-state index contributed by atoms with van der Waals surface area (Å²) in [5.74, 6) is -4.15. The molecule has 2 atom stereocenters. The SMILES string of the molecule is CCCCCCCCC(=O)OCC(COC(=O)CCCCCCCC)CC(=O)OC[C@@H]1C[C@H](OC(=O)CC(COC(=O)CCCCCCCC)COC(=O)CCCCCCCC)CN1C(=O)OCCCN(C)CCCO. The number of hydrogen-bond acceptors (Lipinski definition) is 16. The van der Waals surface area contributed by atoms with E-state index in [9.17, 15) is 38.7 Å². The smallest absolute Gasteiger partial charge is 0.410 e. The topological polar surface area (TPSA) is 211 Å². The number of likely N-dealkylation sites (tertiary alicyclic amines) is 1. The molecule has 1 fully saturated rings. The minimum absolute atomic E-state index is 0.0416. The van der Waals surface area contributed by atoms with E-state index in [4.69, 9.17) is 33.2 Å². The third kappa shape index (κ3) is 39.4. The zero-order valence-electron chi connectivity index (χ0n) is 48.3. The van der Waals surface area contributed by atoms with Crippen LogP contribution >= 0.6 is 0 Å². The zero-order chi connectivity index (χ0) is 55.9. The number of aliphatic hydroxyl groups is 1. The van der Waals surface area contributed by atoms with Crippen LogP contribution in [0.1, 0.15) is 240 Å². The Kier molecular flexibility index (Phi) is 44.4. The highest BCUT2D eigenvalue weighted by molar-refractivity contribution is 5.73. The van der Waals surface area contributed by atoms with E-state index in [1.54, 1.807) is 0 Å². The Morgan fingerprint density at radius 1 is 0.461 bits per heavy atom. The van der Waals surface area contributed by atoms with Crippen LogP contribution in [0, 0.1) is 11.8 Å². The summed E-state index contributed by atoms with van der Waals surface area (Å²) in [6.07, 6.45) is 24.7. The number of rotatable bonds is 50. The second-order valence-corrected chi connectivity index (χ2v) is 21.1. The minimum atomic E-state index is -0.801. The van der Waals surface area contributed by atoms with Crippen LogP contribution in [0.4, 0.5) is 4.79 Å². The largest absolute Gasteiger partial charge is 0.465 e. The number of aliphatic hydroxyl groups excluding tert-OH is 1. The number of carbonyl (C=O) groups is 7. The molecule has 1 N–H and O–H groups in total. The number of esters is 6. The second-order valence-electron chi connectivity index (χ2n) is 21.1. The molecule has 0 spiro atoms. The van der Waals surface area contributed by atoms with Crippen molar-refractivity contribution < 1.29 is 71.8 Å². The molecular formula is C59H106N2O15. The number of carbonyl (C=O) groups excluding carboxylic acids is 7. The van der Waals surface area contributed by atoms with Gasteiger partial charge in [-0.1, -0.05) is 156 Å². The Morgan fingerprint density at radius 2 is 0.829 bits per heavy atom. The van der Waals surface area contributed by atoms with Crippen molar-refractivity contribution >= 4 is 41.9 Å². The van der Waals surface area contributed by atoms with E-state index >= 15 is 0 Å². The summed E-state index contributed by atoms with van der Waals surface area (Å²) in [5, 5.41) is 9.19. The maximum Gasteiger partial charge on any atom is 0.410 e. The van der Waals surface area contributed by atoms with Gasteiger partial charge in [-0.3, -0.25) is 33.7 Å². The highest BCUT2D eigenvalue weighted by Gasteiger charge is 2.39. The van der Waals surface area contributed by atoms with Gasteiger partial charge in [0, 0.05) is 63.6 Å². The van der Waals surface area contributed by atoms with Gasteiger partial charge in [-0.2, -0.15) is 0 Å². The van der Waals surface area contributed by atoms with Crippen LogP contribution < -0.4 is 0 Å². The van der Waals surface area contributed by atoms with E-state index in [1.165, 1.54) is 4.90 Å². The minimum Gasteiger partial charge on any atom is -0.465 e. The molecule has 1 rings (SSSR count). The molecule has 0 aromatic rings. The monoisotopic (exact) mass is 1080 g/mol. The van der Waals surface area contributed by atoms with Crippen LogP contribution in [-0.2, 0) is 61.9 Å². The highest BCUT2D eigenvalue weighted by Crippen LogP contribution is 2.24. The van der Waals surface area contributed by atoms with Gasteiger partial charge in [0.1, 0.15) is 12.7 Å². The van der Waals surface area contributed by atoms with Crippen LogP contribution in [0.2, 0.25) is 0 Å². The molecule has 1 aliphatic heterocycles. The lowest BCUT2D eigenvalue weighted by molar-refractivity contribution is -0.157. The van der Waals surface area contributed by atoms with Gasteiger partial charge in [-0.25, -0.2) is 4.79 Å². The lowest BCUT2D eigenvalue weighted by Crippen LogP contribution is -2.40. The van der Waals surface area contributed by atoms with E-state index in [0.29, 0.717) is 51.6 Å². The van der Waals surface area contributed by atoms with E-state index in [-0.39, 0.29) is 122 Å². The molecule has 0 radical (unpaired) electrons. The standard InChI is InChI=1S/C59H106N2O15/c1-6-10-14-18-22-26-32-53(63)71-44-49(45-72-54(64)33-27-23-19-15-11-7-2)40-57(67)75-48-51-42-52(43-61(51)59(69)70-39-31-37-60(5)36-30-38-62)76-58(68)41-50(46-73-55(65)34-28-24-20-16-12-8-3)47-74-56(66)35-29-25-21-17-13-9-4/h49-52,62H,6-48H2,1-5H3/t51-,52-/m0/s1. The van der Waals surface area contributed by atoms with Gasteiger partial charge in [0.25, 0.3) is 0 Å². The molecule has 76 heavy (non-hydrogen) atoms. The van der Waals surface area contributed by atoms with E-state index in [1.807, 2.05) is 11.9 Å². The first-order chi connectivity index (χ1) is 36.8. The Bertz CT molecular complexity index is 1470. The molecule has 1 aliphatic rings. The summed E-state index contributed by atoms with van der Waals surface area (Å²) < 4.78 is 39.7. The summed E-state index contributed by atoms with van der Waals surface area (Å²) in [7, 11) is 1.91. The molecule has 0 aromatic carbocycles. The van der Waals surface area contributed by atoms with Gasteiger partial charge in [0.15, 0.2) is 0 Å². The molecular weight excluding hydrogens is 977 g/mol. The van der Waals surface area contributed by atoms with Gasteiger partial charge >= 0.3 is 41.9 Å². The van der Waals surface area contributed by atoms with Crippen LogP contribution in [0.3, 0.4) is 0 Å². The van der Waals surface area contributed by atoms with Crippen molar-refractivity contribution in [3.05, 3.63) is 0 Å². The number of nitrogens with zero attached hydrogens (tertiary/aromatic N) is 2. The maximum absolute atomic E-state index is 13.6. The fraction of sp³-hybridized carbons (Fsp3) is 0.881. The van der Waals surface area contributed by atoms with Crippen molar-refractivity contribution in [3.63, 3.8) is 0 Å². The van der Waals surface area contributed by atoms with E-state index in [2.05, 4.69) is 27.7 Å². The molecule has 1 amide bonds. The van der Waals surface area contributed by atoms with Gasteiger partial charge < -0.3 is 43.2 Å². The van der Waals surface area contributed by atoms with Gasteiger partial charge in [0.05, 0.1) is 58.5 Å². The van der Waals surface area contributed by atoms with Crippen molar-refractivity contribution in [1.82, 2.24) is 9.80 Å². The predicted molar refractivity (Wildman–Crippen MR) is 293 cm³/mol. The third-order valence-corrected chi connectivity index (χ3v) is 13.7. The van der Waals surface area contributed by atoms with Crippen LogP contribution in [0.15, 0.2) is 0 Å². The molecule has 0 bridgehead atoms. The van der Waals surface area contributed by atoms with Crippen molar-refractivity contribution in [2.75, 3.05) is 72.9 Å². The molecule has 0 unspecified atom stereocenters. The average molecular weight is 1080 g/mol. The number of hydrogen-bond donors (Lipinski definition) is 1. The second kappa shape index (κ2) is 48.2. The number of amides is 1. The molecule has 17 heteroatoms. The van der Waals surface area contributed by atoms with Crippen LogP contribution in [0.25, 0.3) is 0 Å².